The van der Waals surface area contributed by atoms with Gasteiger partial charge in [0.05, 0.1) is 12.7 Å². The van der Waals surface area contributed by atoms with Crippen LogP contribution in [-0.4, -0.2) is 45.2 Å². The summed E-state index contributed by atoms with van der Waals surface area (Å²) in [5.74, 6) is 2.49. The van der Waals surface area contributed by atoms with Crippen molar-refractivity contribution in [3.63, 3.8) is 0 Å². The summed E-state index contributed by atoms with van der Waals surface area (Å²) in [6.45, 7) is 5.02. The van der Waals surface area contributed by atoms with Gasteiger partial charge in [0.2, 0.25) is 0 Å². The summed E-state index contributed by atoms with van der Waals surface area (Å²) in [6.07, 6.45) is 2.59. The molecule has 0 aliphatic carbocycles. The number of hydrogen-bond acceptors (Lipinski definition) is 6. The van der Waals surface area contributed by atoms with Crippen LogP contribution in [0.15, 0.2) is 36.4 Å². The molecule has 1 N–H and O–H groups in total. The highest BCUT2D eigenvalue weighted by Gasteiger charge is 2.29. The van der Waals surface area contributed by atoms with Crippen LogP contribution in [0.1, 0.15) is 38.1 Å². The molecular weight excluding hydrogens is 342 g/mol. The first-order chi connectivity index (χ1) is 13.0. The average molecular weight is 367 g/mol. The molecule has 1 aromatic carbocycles. The Kier molecular flexibility index (Phi) is 4.70. The molecule has 1 fully saturated rings. The molecule has 0 saturated carbocycles. The number of nitrogens with one attached hydrogen (secondary N) is 1. The maximum Gasteiger partial charge on any atom is 0.178 e. The van der Waals surface area contributed by atoms with E-state index in [1.807, 2.05) is 40.9 Å². The topological polar surface area (TPSA) is 73.6 Å². The van der Waals surface area contributed by atoms with Gasteiger partial charge in [-0.3, -0.25) is 0 Å². The van der Waals surface area contributed by atoms with Crippen molar-refractivity contribution in [2.24, 2.45) is 0 Å². The summed E-state index contributed by atoms with van der Waals surface area (Å²) in [7, 11) is 1.67. The summed E-state index contributed by atoms with van der Waals surface area (Å²) in [5.41, 5.74) is 1.78. The Bertz CT molecular complexity index is 920. The lowest BCUT2D eigenvalue weighted by Gasteiger charge is -2.36. The van der Waals surface area contributed by atoms with Crippen molar-refractivity contribution in [2.75, 3.05) is 19.0 Å². The minimum absolute atomic E-state index is 0.101. The summed E-state index contributed by atoms with van der Waals surface area (Å²) in [6, 6.07) is 12.2. The van der Waals surface area contributed by atoms with E-state index >= 15 is 0 Å². The highest BCUT2D eigenvalue weighted by molar-refractivity contribution is 5.45. The van der Waals surface area contributed by atoms with Crippen LogP contribution in [0.25, 0.3) is 5.65 Å². The van der Waals surface area contributed by atoms with Crippen molar-refractivity contribution in [1.82, 2.24) is 19.8 Å². The van der Waals surface area contributed by atoms with Crippen molar-refractivity contribution in [3.8, 4) is 5.75 Å². The number of methoxy groups -OCH3 is 1. The lowest BCUT2D eigenvalue weighted by Crippen LogP contribution is -2.40. The molecule has 1 saturated heterocycles. The van der Waals surface area contributed by atoms with Gasteiger partial charge in [-0.05, 0) is 56.5 Å². The summed E-state index contributed by atoms with van der Waals surface area (Å²) < 4.78 is 12.8. The van der Waals surface area contributed by atoms with Gasteiger partial charge in [-0.25, -0.2) is 0 Å². The third-order valence-corrected chi connectivity index (χ3v) is 4.90. The Morgan fingerprint density at radius 2 is 2.00 bits per heavy atom. The first-order valence-corrected chi connectivity index (χ1v) is 9.27. The predicted molar refractivity (Wildman–Crippen MR) is 103 cm³/mol. The van der Waals surface area contributed by atoms with Gasteiger partial charge in [-0.1, -0.05) is 12.1 Å². The molecule has 2 aromatic heterocycles. The van der Waals surface area contributed by atoms with E-state index in [2.05, 4.69) is 29.4 Å². The average Bonchev–Trinajstić information content (AvgIpc) is 3.04. The maximum atomic E-state index is 5.80. The normalized spacial score (nSPS) is 19.1. The summed E-state index contributed by atoms with van der Waals surface area (Å²) >= 11 is 0. The van der Waals surface area contributed by atoms with Gasteiger partial charge < -0.3 is 14.8 Å². The zero-order valence-electron chi connectivity index (χ0n) is 16.0. The maximum absolute atomic E-state index is 5.80. The number of aromatic nitrogens is 4. The fraction of sp³-hybridized carbons (Fsp3) is 0.450. The SMILES string of the molecule is COc1ccc(Cc2nnc3ccc(NC4CCOC(C)(C)C4)nn23)cc1. The van der Waals surface area contributed by atoms with E-state index in [-0.39, 0.29) is 5.60 Å². The highest BCUT2D eigenvalue weighted by atomic mass is 16.5. The first-order valence-electron chi connectivity index (χ1n) is 9.27. The lowest BCUT2D eigenvalue weighted by atomic mass is 9.94. The number of nitrogens with zero attached hydrogens (tertiary/aromatic N) is 4. The van der Waals surface area contributed by atoms with E-state index in [0.717, 1.165) is 48.1 Å². The Morgan fingerprint density at radius 1 is 1.19 bits per heavy atom. The van der Waals surface area contributed by atoms with Crippen molar-refractivity contribution >= 4 is 11.5 Å². The molecular formula is C20H25N5O2. The molecule has 3 heterocycles. The Morgan fingerprint density at radius 3 is 2.74 bits per heavy atom. The van der Waals surface area contributed by atoms with Crippen LogP contribution in [0.4, 0.5) is 5.82 Å². The van der Waals surface area contributed by atoms with Crippen LogP contribution >= 0.6 is 0 Å². The summed E-state index contributed by atoms with van der Waals surface area (Å²) in [4.78, 5) is 0. The predicted octanol–water partition coefficient (Wildman–Crippen LogP) is 3.09. The number of benzene rings is 1. The molecule has 142 valence electrons. The van der Waals surface area contributed by atoms with E-state index < -0.39 is 0 Å². The minimum Gasteiger partial charge on any atom is -0.497 e. The highest BCUT2D eigenvalue weighted by Crippen LogP contribution is 2.26. The van der Waals surface area contributed by atoms with E-state index in [1.54, 1.807) is 7.11 Å². The van der Waals surface area contributed by atoms with Gasteiger partial charge in [-0.2, -0.15) is 4.52 Å². The zero-order valence-corrected chi connectivity index (χ0v) is 16.0. The van der Waals surface area contributed by atoms with Crippen molar-refractivity contribution in [3.05, 3.63) is 47.8 Å². The Hall–Kier alpha value is -2.67. The molecule has 1 aliphatic heterocycles. The van der Waals surface area contributed by atoms with Crippen molar-refractivity contribution < 1.29 is 9.47 Å². The molecule has 4 rings (SSSR count). The van der Waals surface area contributed by atoms with E-state index in [9.17, 15) is 0 Å². The number of fused-ring (bicyclic) bond motifs is 1. The largest absolute Gasteiger partial charge is 0.497 e. The standard InChI is InChI=1S/C20H25N5O2/c1-20(2)13-15(10-11-27-20)21-17-8-9-18-22-23-19(25(18)24-17)12-14-4-6-16(26-3)7-5-14/h4-9,15H,10-13H2,1-3H3,(H,21,24). The molecule has 1 unspecified atom stereocenters. The Balaban J connectivity index is 1.53. The van der Waals surface area contributed by atoms with Crippen LogP contribution in [0, 0.1) is 0 Å². The quantitative estimate of drug-likeness (QED) is 0.747. The third-order valence-electron chi connectivity index (χ3n) is 4.90. The van der Waals surface area contributed by atoms with Crippen LogP contribution < -0.4 is 10.1 Å². The van der Waals surface area contributed by atoms with E-state index in [1.165, 1.54) is 0 Å². The zero-order chi connectivity index (χ0) is 18.9. The molecule has 0 amide bonds. The second kappa shape index (κ2) is 7.15. The van der Waals surface area contributed by atoms with Gasteiger partial charge in [-0.15, -0.1) is 15.3 Å². The van der Waals surface area contributed by atoms with Crippen molar-refractivity contribution in [1.29, 1.82) is 0 Å². The van der Waals surface area contributed by atoms with Crippen LogP contribution in [0.5, 0.6) is 5.75 Å². The van der Waals surface area contributed by atoms with Gasteiger partial charge >= 0.3 is 0 Å². The van der Waals surface area contributed by atoms with Crippen LogP contribution in [0.3, 0.4) is 0 Å². The monoisotopic (exact) mass is 367 g/mol. The fourth-order valence-corrected chi connectivity index (χ4v) is 3.51. The summed E-state index contributed by atoms with van der Waals surface area (Å²) in [5, 5.41) is 16.8. The first kappa shape index (κ1) is 17.7. The van der Waals surface area contributed by atoms with E-state index in [4.69, 9.17) is 14.6 Å². The number of anilines is 1. The van der Waals surface area contributed by atoms with Gasteiger partial charge in [0.25, 0.3) is 0 Å². The number of ether oxygens (including phenoxy) is 2. The molecule has 1 aliphatic rings. The smallest absolute Gasteiger partial charge is 0.178 e. The molecule has 7 nitrogen and oxygen atoms in total. The molecule has 27 heavy (non-hydrogen) atoms. The van der Waals surface area contributed by atoms with Gasteiger partial charge in [0.1, 0.15) is 11.6 Å². The second-order valence-corrected chi connectivity index (χ2v) is 7.57. The third kappa shape index (κ3) is 4.03. The molecule has 7 heteroatoms. The molecule has 0 radical (unpaired) electrons. The molecule has 0 bridgehead atoms. The molecule has 0 spiro atoms. The minimum atomic E-state index is -0.101. The van der Waals surface area contributed by atoms with Gasteiger partial charge in [0.15, 0.2) is 11.5 Å². The lowest BCUT2D eigenvalue weighted by molar-refractivity contribution is -0.0553. The fourth-order valence-electron chi connectivity index (χ4n) is 3.51. The second-order valence-electron chi connectivity index (χ2n) is 7.57. The van der Waals surface area contributed by atoms with Crippen molar-refractivity contribution in [2.45, 2.75) is 44.8 Å². The number of hydrogen-bond donors (Lipinski definition) is 1. The molecule has 3 aromatic rings. The van der Waals surface area contributed by atoms with E-state index in [0.29, 0.717) is 12.5 Å². The molecule has 1 atom stereocenters. The number of rotatable bonds is 5. The Labute approximate surface area is 158 Å². The van der Waals surface area contributed by atoms with Crippen LogP contribution in [-0.2, 0) is 11.2 Å². The van der Waals surface area contributed by atoms with Crippen LogP contribution in [0.2, 0.25) is 0 Å². The van der Waals surface area contributed by atoms with Gasteiger partial charge in [0, 0.05) is 19.1 Å².